The van der Waals surface area contributed by atoms with Crippen molar-refractivity contribution in [3.8, 4) is 0 Å². The number of halogens is 2. The monoisotopic (exact) mass is 258 g/mol. The van der Waals surface area contributed by atoms with Crippen LogP contribution in [0, 0.1) is 5.92 Å². The summed E-state index contributed by atoms with van der Waals surface area (Å²) >= 11 is 0. The lowest BCUT2D eigenvalue weighted by atomic mass is 9.91. The van der Waals surface area contributed by atoms with Crippen molar-refractivity contribution in [1.29, 1.82) is 0 Å². The molecule has 2 heterocycles. The fraction of sp³-hybridized carbons (Fsp3) is 0.750. The third-order valence-electron chi connectivity index (χ3n) is 3.73. The summed E-state index contributed by atoms with van der Waals surface area (Å²) in [4.78, 5) is 6.18. The summed E-state index contributed by atoms with van der Waals surface area (Å²) in [6, 6.07) is 0.237. The number of rotatable bonds is 4. The Morgan fingerprint density at radius 3 is 3.00 bits per heavy atom. The molecule has 0 amide bonds. The summed E-state index contributed by atoms with van der Waals surface area (Å²) in [5.41, 5.74) is 6.04. The maximum Gasteiger partial charge on any atom is 0.319 e. The van der Waals surface area contributed by atoms with Crippen molar-refractivity contribution in [1.82, 2.24) is 14.5 Å². The Kier molecular flexibility index (Phi) is 4.29. The van der Waals surface area contributed by atoms with Crippen molar-refractivity contribution < 1.29 is 8.78 Å². The van der Waals surface area contributed by atoms with Gasteiger partial charge < -0.3 is 5.73 Å². The van der Waals surface area contributed by atoms with Crippen molar-refractivity contribution in [2.45, 2.75) is 38.9 Å². The quantitative estimate of drug-likeness (QED) is 0.896. The first kappa shape index (κ1) is 13.4. The van der Waals surface area contributed by atoms with Crippen LogP contribution in [0.2, 0.25) is 0 Å². The lowest BCUT2D eigenvalue weighted by molar-refractivity contribution is 0.0610. The third-order valence-corrected chi connectivity index (χ3v) is 3.73. The van der Waals surface area contributed by atoms with Crippen LogP contribution >= 0.6 is 0 Å². The van der Waals surface area contributed by atoms with E-state index in [1.165, 1.54) is 12.4 Å². The fourth-order valence-corrected chi connectivity index (χ4v) is 2.55. The van der Waals surface area contributed by atoms with Crippen molar-refractivity contribution >= 4 is 0 Å². The molecule has 0 spiro atoms. The molecule has 1 aromatic rings. The summed E-state index contributed by atoms with van der Waals surface area (Å²) in [6.07, 6.45) is 4.70. The highest BCUT2D eigenvalue weighted by Gasteiger charge is 2.26. The highest BCUT2D eigenvalue weighted by Crippen LogP contribution is 2.21. The first-order chi connectivity index (χ1) is 8.61. The Morgan fingerprint density at radius 2 is 2.33 bits per heavy atom. The van der Waals surface area contributed by atoms with Crippen LogP contribution in [-0.2, 0) is 6.54 Å². The first-order valence-electron chi connectivity index (χ1n) is 6.39. The molecular weight excluding hydrogens is 238 g/mol. The molecule has 1 aliphatic rings. The van der Waals surface area contributed by atoms with Gasteiger partial charge in [0.15, 0.2) is 0 Å². The van der Waals surface area contributed by atoms with E-state index >= 15 is 0 Å². The molecule has 1 saturated heterocycles. The van der Waals surface area contributed by atoms with E-state index in [4.69, 9.17) is 5.73 Å². The normalized spacial score (nSPS) is 25.8. The highest BCUT2D eigenvalue weighted by molar-refractivity contribution is 4.94. The van der Waals surface area contributed by atoms with Gasteiger partial charge in [-0.05, 0) is 12.3 Å². The molecule has 0 saturated carbocycles. The van der Waals surface area contributed by atoms with Gasteiger partial charge >= 0.3 is 6.55 Å². The number of hydrogen-bond donors (Lipinski definition) is 1. The maximum atomic E-state index is 12.7. The SMILES string of the molecule is CCC1CN(Cc2nccn2C(F)F)CCC1N. The lowest BCUT2D eigenvalue weighted by Crippen LogP contribution is -2.46. The molecule has 18 heavy (non-hydrogen) atoms. The molecular formula is C12H20F2N4. The zero-order chi connectivity index (χ0) is 13.1. The second kappa shape index (κ2) is 5.75. The van der Waals surface area contributed by atoms with E-state index in [1.54, 1.807) is 0 Å². The summed E-state index contributed by atoms with van der Waals surface area (Å²) in [5.74, 6) is 0.879. The minimum Gasteiger partial charge on any atom is -0.327 e. The molecule has 0 bridgehead atoms. The summed E-state index contributed by atoms with van der Waals surface area (Å²) in [6.45, 7) is 1.80. The zero-order valence-electron chi connectivity index (χ0n) is 10.6. The van der Waals surface area contributed by atoms with Crippen molar-refractivity contribution in [3.05, 3.63) is 18.2 Å². The van der Waals surface area contributed by atoms with Crippen LogP contribution in [0.3, 0.4) is 0 Å². The third kappa shape index (κ3) is 2.87. The molecule has 2 N–H and O–H groups in total. The number of hydrogen-bond acceptors (Lipinski definition) is 3. The summed E-state index contributed by atoms with van der Waals surface area (Å²) in [5, 5.41) is 0. The van der Waals surface area contributed by atoms with Crippen LogP contribution in [-0.4, -0.2) is 33.6 Å². The molecule has 102 valence electrons. The molecule has 0 radical (unpaired) electrons. The van der Waals surface area contributed by atoms with E-state index in [2.05, 4.69) is 16.8 Å². The molecule has 2 atom stereocenters. The van der Waals surface area contributed by atoms with E-state index in [0.29, 0.717) is 18.3 Å². The average Bonchev–Trinajstić information content (AvgIpc) is 2.80. The molecule has 1 aliphatic heterocycles. The minimum absolute atomic E-state index is 0.237. The molecule has 2 rings (SSSR count). The zero-order valence-corrected chi connectivity index (χ0v) is 10.6. The van der Waals surface area contributed by atoms with Crippen molar-refractivity contribution in [3.63, 3.8) is 0 Å². The van der Waals surface area contributed by atoms with Gasteiger partial charge in [-0.25, -0.2) is 4.98 Å². The predicted octanol–water partition coefficient (Wildman–Crippen LogP) is 1.84. The number of likely N-dealkylation sites (tertiary alicyclic amines) is 1. The second-order valence-corrected chi connectivity index (χ2v) is 4.88. The number of piperidine rings is 1. The average molecular weight is 258 g/mol. The second-order valence-electron chi connectivity index (χ2n) is 4.88. The highest BCUT2D eigenvalue weighted by atomic mass is 19.3. The smallest absolute Gasteiger partial charge is 0.319 e. The van der Waals surface area contributed by atoms with E-state index < -0.39 is 6.55 Å². The molecule has 1 fully saturated rings. The molecule has 1 aromatic heterocycles. The van der Waals surface area contributed by atoms with Gasteiger partial charge in [0, 0.05) is 31.5 Å². The topological polar surface area (TPSA) is 47.1 Å². The van der Waals surface area contributed by atoms with Crippen LogP contribution in [0.4, 0.5) is 8.78 Å². The number of nitrogens with two attached hydrogens (primary N) is 1. The predicted molar refractivity (Wildman–Crippen MR) is 65.1 cm³/mol. The maximum absolute atomic E-state index is 12.7. The number of aromatic nitrogens is 2. The summed E-state index contributed by atoms with van der Waals surface area (Å²) < 4.78 is 26.3. The van der Waals surface area contributed by atoms with E-state index in [0.717, 1.165) is 30.5 Å². The van der Waals surface area contributed by atoms with Crippen molar-refractivity contribution in [2.75, 3.05) is 13.1 Å². The van der Waals surface area contributed by atoms with Gasteiger partial charge in [-0.15, -0.1) is 0 Å². The minimum atomic E-state index is -2.52. The van der Waals surface area contributed by atoms with E-state index in [-0.39, 0.29) is 6.04 Å². The number of imidazole rings is 1. The van der Waals surface area contributed by atoms with Crippen LogP contribution in [0.15, 0.2) is 12.4 Å². The Labute approximate surface area is 106 Å². The van der Waals surface area contributed by atoms with Gasteiger partial charge in [-0.2, -0.15) is 8.78 Å². The van der Waals surface area contributed by atoms with Gasteiger partial charge in [0.25, 0.3) is 0 Å². The molecule has 4 nitrogen and oxygen atoms in total. The molecule has 0 aromatic carbocycles. The van der Waals surface area contributed by atoms with Crippen LogP contribution in [0.5, 0.6) is 0 Å². The molecule has 0 aliphatic carbocycles. The Bertz CT molecular complexity index is 380. The first-order valence-corrected chi connectivity index (χ1v) is 6.39. The van der Waals surface area contributed by atoms with Gasteiger partial charge in [-0.3, -0.25) is 9.47 Å². The van der Waals surface area contributed by atoms with Gasteiger partial charge in [0.05, 0.1) is 6.54 Å². The largest absolute Gasteiger partial charge is 0.327 e. The van der Waals surface area contributed by atoms with Gasteiger partial charge in [0.1, 0.15) is 5.82 Å². The molecule has 2 unspecified atom stereocenters. The van der Waals surface area contributed by atoms with Gasteiger partial charge in [-0.1, -0.05) is 13.3 Å². The standard InChI is InChI=1S/C12H20F2N4/c1-2-9-7-17(5-3-10(9)15)8-11-16-4-6-18(11)12(13)14/h4,6,9-10,12H,2-3,5,7-8,15H2,1H3. The van der Waals surface area contributed by atoms with E-state index in [1.807, 2.05) is 0 Å². The Morgan fingerprint density at radius 1 is 1.56 bits per heavy atom. The molecule has 6 heteroatoms. The van der Waals surface area contributed by atoms with Crippen molar-refractivity contribution in [2.24, 2.45) is 11.7 Å². The number of nitrogens with zero attached hydrogens (tertiary/aromatic N) is 3. The van der Waals surface area contributed by atoms with Crippen LogP contribution in [0.1, 0.15) is 32.1 Å². The summed E-state index contributed by atoms with van der Waals surface area (Å²) in [7, 11) is 0. The van der Waals surface area contributed by atoms with Gasteiger partial charge in [0.2, 0.25) is 0 Å². The Balaban J connectivity index is 1.99. The lowest BCUT2D eigenvalue weighted by Gasteiger charge is -2.36. The number of alkyl halides is 2. The Hall–Kier alpha value is -1.01. The van der Waals surface area contributed by atoms with E-state index in [9.17, 15) is 8.78 Å². The fourth-order valence-electron chi connectivity index (χ4n) is 2.55. The van der Waals surface area contributed by atoms with Crippen LogP contribution in [0.25, 0.3) is 0 Å². The van der Waals surface area contributed by atoms with Crippen LogP contribution < -0.4 is 5.73 Å².